The van der Waals surface area contributed by atoms with Crippen LogP contribution >= 0.6 is 0 Å². The Morgan fingerprint density at radius 2 is 1.88 bits per heavy atom. The van der Waals surface area contributed by atoms with E-state index in [9.17, 15) is 4.79 Å². The van der Waals surface area contributed by atoms with E-state index in [1.165, 1.54) is 18.5 Å². The number of aromatic nitrogens is 1. The van der Waals surface area contributed by atoms with Crippen molar-refractivity contribution in [3.63, 3.8) is 0 Å². The van der Waals surface area contributed by atoms with Gasteiger partial charge in [0.2, 0.25) is 0 Å². The maximum atomic E-state index is 11.5. The summed E-state index contributed by atoms with van der Waals surface area (Å²) in [7, 11) is 0. The SMILES string of the molecule is NC(N)(N)C(N)(N)OC(=O)c1cccnc1. The molecule has 0 aromatic carbocycles. The summed E-state index contributed by atoms with van der Waals surface area (Å²) in [6.45, 7) is 0. The first-order valence-corrected chi connectivity index (χ1v) is 4.32. The molecule has 1 rings (SSSR count). The lowest BCUT2D eigenvalue weighted by Crippen LogP contribution is -2.82. The van der Waals surface area contributed by atoms with Gasteiger partial charge in [-0.3, -0.25) is 33.7 Å². The lowest BCUT2D eigenvalue weighted by molar-refractivity contribution is -0.0535. The predicted molar refractivity (Wildman–Crippen MR) is 56.1 cm³/mol. The molecule has 0 amide bonds. The van der Waals surface area contributed by atoms with Gasteiger partial charge in [-0.2, -0.15) is 0 Å². The number of rotatable bonds is 3. The van der Waals surface area contributed by atoms with Crippen molar-refractivity contribution in [3.05, 3.63) is 30.1 Å². The van der Waals surface area contributed by atoms with Gasteiger partial charge in [0.25, 0.3) is 5.85 Å². The van der Waals surface area contributed by atoms with Gasteiger partial charge in [-0.15, -0.1) is 0 Å². The number of pyridine rings is 1. The Kier molecular flexibility index (Phi) is 3.21. The molecular formula is C8H14N6O2. The molecule has 0 spiro atoms. The number of hydrogen-bond acceptors (Lipinski definition) is 8. The maximum Gasteiger partial charge on any atom is 0.342 e. The van der Waals surface area contributed by atoms with Crippen LogP contribution in [0.2, 0.25) is 0 Å². The van der Waals surface area contributed by atoms with Crippen LogP contribution in [0.25, 0.3) is 0 Å². The smallest absolute Gasteiger partial charge is 0.342 e. The van der Waals surface area contributed by atoms with Crippen molar-refractivity contribution in [2.45, 2.75) is 11.6 Å². The molecule has 8 nitrogen and oxygen atoms in total. The molecule has 1 heterocycles. The van der Waals surface area contributed by atoms with Crippen LogP contribution < -0.4 is 28.7 Å². The van der Waals surface area contributed by atoms with E-state index in [4.69, 9.17) is 28.7 Å². The molecule has 0 fully saturated rings. The highest BCUT2D eigenvalue weighted by molar-refractivity contribution is 5.89. The number of carbonyl (C=O) groups excluding carboxylic acids is 1. The second-order valence-electron chi connectivity index (χ2n) is 3.36. The molecule has 0 radical (unpaired) electrons. The summed E-state index contributed by atoms with van der Waals surface area (Å²) in [6, 6.07) is 3.02. The summed E-state index contributed by atoms with van der Waals surface area (Å²) in [5, 5.41) is 0. The molecule has 16 heavy (non-hydrogen) atoms. The number of nitrogens with two attached hydrogens (primary N) is 5. The fourth-order valence-corrected chi connectivity index (χ4v) is 0.784. The van der Waals surface area contributed by atoms with Gasteiger partial charge in [0.05, 0.1) is 5.56 Å². The minimum atomic E-state index is -2.18. The van der Waals surface area contributed by atoms with Crippen LogP contribution in [0.4, 0.5) is 0 Å². The van der Waals surface area contributed by atoms with Crippen LogP contribution in [-0.2, 0) is 4.74 Å². The maximum absolute atomic E-state index is 11.5. The van der Waals surface area contributed by atoms with Gasteiger partial charge in [-0.25, -0.2) is 4.79 Å². The van der Waals surface area contributed by atoms with Gasteiger partial charge < -0.3 is 4.74 Å². The fourth-order valence-electron chi connectivity index (χ4n) is 0.784. The van der Waals surface area contributed by atoms with Gasteiger partial charge in [0.1, 0.15) is 0 Å². The van der Waals surface area contributed by atoms with Gasteiger partial charge in [-0.05, 0) is 12.1 Å². The van der Waals surface area contributed by atoms with Crippen molar-refractivity contribution in [3.8, 4) is 0 Å². The summed E-state index contributed by atoms with van der Waals surface area (Å²) in [6.07, 6.45) is 2.78. The third-order valence-electron chi connectivity index (χ3n) is 1.84. The zero-order valence-electron chi connectivity index (χ0n) is 8.46. The second kappa shape index (κ2) is 4.12. The first-order chi connectivity index (χ1) is 7.24. The first-order valence-electron chi connectivity index (χ1n) is 4.32. The van der Waals surface area contributed by atoms with Crippen LogP contribution in [0.5, 0.6) is 0 Å². The van der Waals surface area contributed by atoms with E-state index in [0.717, 1.165) is 0 Å². The van der Waals surface area contributed by atoms with E-state index < -0.39 is 17.6 Å². The first kappa shape index (κ1) is 12.5. The van der Waals surface area contributed by atoms with Crippen molar-refractivity contribution < 1.29 is 9.53 Å². The largest absolute Gasteiger partial charge is 0.422 e. The summed E-state index contributed by atoms with van der Waals surface area (Å²) in [5.41, 5.74) is 26.7. The fraction of sp³-hybridized carbons (Fsp3) is 0.250. The van der Waals surface area contributed by atoms with Crippen LogP contribution in [0.3, 0.4) is 0 Å². The third kappa shape index (κ3) is 2.72. The van der Waals surface area contributed by atoms with E-state index in [1.807, 2.05) is 0 Å². The number of nitrogens with zero attached hydrogens (tertiary/aromatic N) is 1. The number of esters is 1. The highest BCUT2D eigenvalue weighted by Gasteiger charge is 2.41. The highest BCUT2D eigenvalue weighted by atomic mass is 16.6. The molecule has 0 aliphatic heterocycles. The van der Waals surface area contributed by atoms with Crippen LogP contribution in [0.15, 0.2) is 24.5 Å². The van der Waals surface area contributed by atoms with Crippen molar-refractivity contribution in [1.82, 2.24) is 4.98 Å². The van der Waals surface area contributed by atoms with E-state index in [-0.39, 0.29) is 5.56 Å². The molecule has 1 aromatic heterocycles. The molecule has 1 aromatic rings. The van der Waals surface area contributed by atoms with Gasteiger partial charge in [0, 0.05) is 12.4 Å². The molecule has 8 heteroatoms. The quantitative estimate of drug-likeness (QED) is 0.274. The topological polar surface area (TPSA) is 169 Å². The Hall–Kier alpha value is -1.58. The molecule has 0 atom stereocenters. The van der Waals surface area contributed by atoms with Crippen molar-refractivity contribution in [2.75, 3.05) is 0 Å². The zero-order valence-corrected chi connectivity index (χ0v) is 8.46. The molecule has 0 bridgehead atoms. The van der Waals surface area contributed by atoms with E-state index >= 15 is 0 Å². The summed E-state index contributed by atoms with van der Waals surface area (Å²) in [4.78, 5) is 15.2. The van der Waals surface area contributed by atoms with Crippen molar-refractivity contribution in [1.29, 1.82) is 0 Å². The molecule has 0 saturated carbocycles. The average molecular weight is 226 g/mol. The molecular weight excluding hydrogens is 212 g/mol. The zero-order chi connectivity index (χ0) is 12.4. The second-order valence-corrected chi connectivity index (χ2v) is 3.36. The Balaban J connectivity index is 2.80. The highest BCUT2D eigenvalue weighted by Crippen LogP contribution is 2.07. The summed E-state index contributed by atoms with van der Waals surface area (Å²) in [5.74, 6) is -5.05. The Morgan fingerprint density at radius 1 is 1.25 bits per heavy atom. The van der Waals surface area contributed by atoms with Gasteiger partial charge >= 0.3 is 5.97 Å². The predicted octanol–water partition coefficient (Wildman–Crippen LogP) is -2.66. The monoisotopic (exact) mass is 226 g/mol. The molecule has 0 unspecified atom stereocenters. The molecule has 0 saturated heterocycles. The van der Waals surface area contributed by atoms with Crippen LogP contribution in [0.1, 0.15) is 10.4 Å². The van der Waals surface area contributed by atoms with Crippen molar-refractivity contribution in [2.24, 2.45) is 28.7 Å². The van der Waals surface area contributed by atoms with Crippen LogP contribution in [0, 0.1) is 0 Å². The lowest BCUT2D eigenvalue weighted by atomic mass is 10.2. The molecule has 0 aliphatic carbocycles. The lowest BCUT2D eigenvalue weighted by Gasteiger charge is -2.35. The Morgan fingerprint density at radius 3 is 2.31 bits per heavy atom. The average Bonchev–Trinajstić information content (AvgIpc) is 2.16. The number of ether oxygens (including phenoxy) is 1. The normalized spacial score (nSPS) is 12.3. The van der Waals surface area contributed by atoms with E-state index in [0.29, 0.717) is 0 Å². The summed E-state index contributed by atoms with van der Waals surface area (Å²) < 4.78 is 4.69. The number of carbonyl (C=O) groups is 1. The van der Waals surface area contributed by atoms with Gasteiger partial charge in [-0.1, -0.05) is 0 Å². The van der Waals surface area contributed by atoms with E-state index in [2.05, 4.69) is 9.72 Å². The summed E-state index contributed by atoms with van der Waals surface area (Å²) >= 11 is 0. The Labute approximate surface area is 91.7 Å². The minimum absolute atomic E-state index is 0.159. The van der Waals surface area contributed by atoms with Gasteiger partial charge in [0.15, 0.2) is 5.79 Å². The van der Waals surface area contributed by atoms with Crippen molar-refractivity contribution >= 4 is 5.97 Å². The number of hydrogen-bond donors (Lipinski definition) is 5. The molecule has 88 valence electrons. The standard InChI is InChI=1S/C8H14N6O2/c9-7(10,11)8(12,13)16-6(15)5-2-1-3-14-4-5/h1-4H,9-13H2. The Bertz CT molecular complexity index is 372. The third-order valence-corrected chi connectivity index (χ3v) is 1.84. The molecule has 0 aliphatic rings. The molecule has 10 N–H and O–H groups in total. The van der Waals surface area contributed by atoms with Crippen LogP contribution in [-0.4, -0.2) is 22.6 Å². The van der Waals surface area contributed by atoms with E-state index in [1.54, 1.807) is 6.07 Å². The minimum Gasteiger partial charge on any atom is -0.422 e.